The Morgan fingerprint density at radius 1 is 1.08 bits per heavy atom. The van der Waals surface area contributed by atoms with Crippen LogP contribution in [0.15, 0.2) is 65.8 Å². The third-order valence-corrected chi connectivity index (χ3v) is 3.87. The van der Waals surface area contributed by atoms with Gasteiger partial charge in [0, 0.05) is 12.1 Å². The van der Waals surface area contributed by atoms with Gasteiger partial charge in [0.05, 0.1) is 23.4 Å². The van der Waals surface area contributed by atoms with Crippen LogP contribution < -0.4 is 10.2 Å². The SMILES string of the molecule is COc1ccc2cc(/C(C)=N\Nc3cccc([N+](=O)[O-])c3)ccc2c1. The minimum atomic E-state index is -0.431. The summed E-state index contributed by atoms with van der Waals surface area (Å²) in [6.45, 7) is 1.88. The number of benzene rings is 3. The lowest BCUT2D eigenvalue weighted by molar-refractivity contribution is -0.384. The van der Waals surface area contributed by atoms with Crippen LogP contribution in [0.3, 0.4) is 0 Å². The number of methoxy groups -OCH3 is 1. The smallest absolute Gasteiger partial charge is 0.271 e. The summed E-state index contributed by atoms with van der Waals surface area (Å²) in [4.78, 5) is 10.4. The highest BCUT2D eigenvalue weighted by Gasteiger charge is 2.05. The molecule has 0 spiro atoms. The van der Waals surface area contributed by atoms with E-state index < -0.39 is 4.92 Å². The third kappa shape index (κ3) is 3.74. The Labute approximate surface area is 144 Å². The monoisotopic (exact) mass is 335 g/mol. The molecule has 0 aromatic heterocycles. The van der Waals surface area contributed by atoms with Gasteiger partial charge in [-0.1, -0.05) is 24.3 Å². The zero-order valence-corrected chi connectivity index (χ0v) is 13.9. The van der Waals surface area contributed by atoms with Gasteiger partial charge in [0.25, 0.3) is 5.69 Å². The van der Waals surface area contributed by atoms with Crippen molar-refractivity contribution in [3.8, 4) is 5.75 Å². The number of anilines is 1. The van der Waals surface area contributed by atoms with Gasteiger partial charge in [-0.05, 0) is 47.5 Å². The average Bonchev–Trinajstić information content (AvgIpc) is 2.65. The molecule has 0 aliphatic carbocycles. The number of rotatable bonds is 5. The molecule has 0 aliphatic heterocycles. The fourth-order valence-corrected chi connectivity index (χ4v) is 2.48. The maximum atomic E-state index is 10.8. The number of non-ortho nitro benzene ring substituents is 1. The van der Waals surface area contributed by atoms with Gasteiger partial charge in [-0.25, -0.2) is 0 Å². The Morgan fingerprint density at radius 2 is 1.84 bits per heavy atom. The van der Waals surface area contributed by atoms with Gasteiger partial charge >= 0.3 is 0 Å². The van der Waals surface area contributed by atoms with Crippen molar-refractivity contribution in [3.63, 3.8) is 0 Å². The minimum absolute atomic E-state index is 0.0255. The predicted octanol–water partition coefficient (Wildman–Crippen LogP) is 4.59. The fourth-order valence-electron chi connectivity index (χ4n) is 2.48. The molecule has 3 aromatic rings. The van der Waals surface area contributed by atoms with Crippen molar-refractivity contribution in [2.24, 2.45) is 5.10 Å². The summed E-state index contributed by atoms with van der Waals surface area (Å²) in [5.41, 5.74) is 5.21. The Bertz CT molecular complexity index is 967. The number of nitro groups is 1. The zero-order chi connectivity index (χ0) is 17.8. The lowest BCUT2D eigenvalue weighted by atomic mass is 10.0. The number of nitro benzene ring substituents is 1. The first-order chi connectivity index (χ1) is 12.1. The van der Waals surface area contributed by atoms with Crippen LogP contribution in [-0.4, -0.2) is 17.7 Å². The molecule has 0 unspecified atom stereocenters. The molecule has 3 aromatic carbocycles. The van der Waals surface area contributed by atoms with Gasteiger partial charge in [-0.2, -0.15) is 5.10 Å². The summed E-state index contributed by atoms with van der Waals surface area (Å²) in [6, 6.07) is 18.2. The Morgan fingerprint density at radius 3 is 2.60 bits per heavy atom. The molecule has 0 radical (unpaired) electrons. The van der Waals surface area contributed by atoms with Gasteiger partial charge in [0.15, 0.2) is 0 Å². The van der Waals surface area contributed by atoms with Crippen LogP contribution in [0.5, 0.6) is 5.75 Å². The van der Waals surface area contributed by atoms with Crippen molar-refractivity contribution in [2.45, 2.75) is 6.92 Å². The van der Waals surface area contributed by atoms with Crippen LogP contribution in [0.1, 0.15) is 12.5 Å². The van der Waals surface area contributed by atoms with E-state index in [1.807, 2.05) is 43.3 Å². The third-order valence-electron chi connectivity index (χ3n) is 3.87. The van der Waals surface area contributed by atoms with E-state index >= 15 is 0 Å². The second-order valence-electron chi connectivity index (χ2n) is 5.54. The van der Waals surface area contributed by atoms with E-state index in [4.69, 9.17) is 4.74 Å². The largest absolute Gasteiger partial charge is 0.497 e. The van der Waals surface area contributed by atoms with Crippen LogP contribution in [-0.2, 0) is 0 Å². The molecule has 0 saturated carbocycles. The van der Waals surface area contributed by atoms with E-state index in [9.17, 15) is 10.1 Å². The maximum absolute atomic E-state index is 10.8. The highest BCUT2D eigenvalue weighted by atomic mass is 16.6. The predicted molar refractivity (Wildman–Crippen MR) is 99.4 cm³/mol. The van der Waals surface area contributed by atoms with E-state index in [0.717, 1.165) is 27.8 Å². The van der Waals surface area contributed by atoms with E-state index in [1.54, 1.807) is 19.2 Å². The number of hydrogen-bond donors (Lipinski definition) is 1. The molecular formula is C19H17N3O3. The second kappa shape index (κ2) is 7.00. The minimum Gasteiger partial charge on any atom is -0.497 e. The number of ether oxygens (including phenoxy) is 1. The van der Waals surface area contributed by atoms with E-state index in [2.05, 4.69) is 10.5 Å². The number of hydrogen-bond acceptors (Lipinski definition) is 5. The van der Waals surface area contributed by atoms with Crippen LogP contribution in [0.25, 0.3) is 10.8 Å². The molecule has 0 fully saturated rings. The maximum Gasteiger partial charge on any atom is 0.271 e. The van der Waals surface area contributed by atoms with E-state index in [0.29, 0.717) is 5.69 Å². The van der Waals surface area contributed by atoms with Gasteiger partial charge in [0.2, 0.25) is 0 Å². The van der Waals surface area contributed by atoms with Crippen molar-refractivity contribution in [1.82, 2.24) is 0 Å². The molecule has 0 saturated heterocycles. The molecule has 0 aliphatic rings. The molecule has 126 valence electrons. The van der Waals surface area contributed by atoms with Crippen LogP contribution in [0, 0.1) is 10.1 Å². The Kier molecular flexibility index (Phi) is 4.61. The highest BCUT2D eigenvalue weighted by Crippen LogP contribution is 2.22. The molecule has 3 rings (SSSR count). The molecule has 6 heteroatoms. The van der Waals surface area contributed by atoms with Gasteiger partial charge < -0.3 is 4.74 Å². The van der Waals surface area contributed by atoms with Crippen LogP contribution in [0.4, 0.5) is 11.4 Å². The lowest BCUT2D eigenvalue weighted by Crippen LogP contribution is -2.00. The first-order valence-corrected chi connectivity index (χ1v) is 7.70. The number of hydrazone groups is 1. The summed E-state index contributed by atoms with van der Waals surface area (Å²) in [7, 11) is 1.64. The molecule has 1 N–H and O–H groups in total. The summed E-state index contributed by atoms with van der Waals surface area (Å²) in [5, 5.41) is 17.3. The summed E-state index contributed by atoms with van der Waals surface area (Å²) < 4.78 is 5.23. The van der Waals surface area contributed by atoms with Crippen molar-refractivity contribution >= 4 is 27.9 Å². The first-order valence-electron chi connectivity index (χ1n) is 7.70. The number of nitrogens with one attached hydrogen (secondary N) is 1. The second-order valence-corrected chi connectivity index (χ2v) is 5.54. The number of fused-ring (bicyclic) bond motifs is 1. The topological polar surface area (TPSA) is 76.8 Å². The normalized spacial score (nSPS) is 11.4. The fraction of sp³-hybridized carbons (Fsp3) is 0.105. The van der Waals surface area contributed by atoms with Crippen molar-refractivity contribution < 1.29 is 9.66 Å². The van der Waals surface area contributed by atoms with Crippen molar-refractivity contribution in [3.05, 3.63) is 76.3 Å². The number of nitrogens with zero attached hydrogens (tertiary/aromatic N) is 2. The molecule has 25 heavy (non-hydrogen) atoms. The summed E-state index contributed by atoms with van der Waals surface area (Å²) in [5.74, 6) is 0.818. The van der Waals surface area contributed by atoms with Crippen LogP contribution >= 0.6 is 0 Å². The molecule has 6 nitrogen and oxygen atoms in total. The summed E-state index contributed by atoms with van der Waals surface area (Å²) >= 11 is 0. The van der Waals surface area contributed by atoms with Gasteiger partial charge in [-0.15, -0.1) is 0 Å². The molecule has 0 heterocycles. The lowest BCUT2D eigenvalue weighted by Gasteiger charge is -2.06. The molecule has 0 bridgehead atoms. The van der Waals surface area contributed by atoms with Crippen LogP contribution in [0.2, 0.25) is 0 Å². The van der Waals surface area contributed by atoms with E-state index in [1.165, 1.54) is 12.1 Å². The summed E-state index contributed by atoms with van der Waals surface area (Å²) in [6.07, 6.45) is 0. The molecule has 0 amide bonds. The quantitative estimate of drug-likeness (QED) is 0.420. The Balaban J connectivity index is 1.83. The van der Waals surface area contributed by atoms with Crippen molar-refractivity contribution in [2.75, 3.05) is 12.5 Å². The highest BCUT2D eigenvalue weighted by molar-refractivity contribution is 6.02. The molecular weight excluding hydrogens is 318 g/mol. The van der Waals surface area contributed by atoms with Gasteiger partial charge in [-0.3, -0.25) is 15.5 Å². The standard InChI is InChI=1S/C19H17N3O3/c1-13(20-21-17-4-3-5-18(12-17)22(23)24)14-6-7-16-11-19(25-2)9-8-15(16)10-14/h3-12,21H,1-2H3/b20-13-. The zero-order valence-electron chi connectivity index (χ0n) is 13.9. The van der Waals surface area contributed by atoms with Gasteiger partial charge in [0.1, 0.15) is 5.75 Å². The molecule has 0 atom stereocenters. The van der Waals surface area contributed by atoms with E-state index in [-0.39, 0.29) is 5.69 Å². The Hall–Kier alpha value is -3.41. The average molecular weight is 335 g/mol. The first kappa shape index (κ1) is 16.4. The van der Waals surface area contributed by atoms with Crippen molar-refractivity contribution in [1.29, 1.82) is 0 Å².